The lowest BCUT2D eigenvalue weighted by Crippen LogP contribution is -1.95. The summed E-state index contributed by atoms with van der Waals surface area (Å²) >= 11 is 3.43. The van der Waals surface area contributed by atoms with Gasteiger partial charge in [-0.2, -0.15) is 0 Å². The molecule has 1 aromatic carbocycles. The van der Waals surface area contributed by atoms with Gasteiger partial charge in [-0.3, -0.25) is 0 Å². The number of halogens is 1. The second-order valence-corrected chi connectivity index (χ2v) is 5.85. The van der Waals surface area contributed by atoms with Crippen LogP contribution in [0, 0.1) is 0 Å². The smallest absolute Gasteiger partial charge is 0.0805 e. The SMILES string of the molecule is CC(Br)=Nc1c(C(C)C)cccc1C(C)C. The van der Waals surface area contributed by atoms with Crippen LogP contribution in [0.4, 0.5) is 5.69 Å². The maximum Gasteiger partial charge on any atom is 0.0805 e. The predicted molar refractivity (Wildman–Crippen MR) is 76.3 cm³/mol. The van der Waals surface area contributed by atoms with Gasteiger partial charge in [0.1, 0.15) is 0 Å². The average Bonchev–Trinajstić information content (AvgIpc) is 2.16. The Kier molecular flexibility index (Phi) is 4.72. The molecule has 0 radical (unpaired) electrons. The molecule has 1 rings (SSSR count). The molecule has 0 fully saturated rings. The van der Waals surface area contributed by atoms with E-state index < -0.39 is 0 Å². The van der Waals surface area contributed by atoms with Crippen molar-refractivity contribution in [2.45, 2.75) is 46.5 Å². The quantitative estimate of drug-likeness (QED) is 0.660. The van der Waals surface area contributed by atoms with Crippen molar-refractivity contribution in [3.05, 3.63) is 29.3 Å². The average molecular weight is 282 g/mol. The van der Waals surface area contributed by atoms with Gasteiger partial charge in [-0.15, -0.1) is 0 Å². The first kappa shape index (κ1) is 13.4. The lowest BCUT2D eigenvalue weighted by atomic mass is 9.93. The van der Waals surface area contributed by atoms with Crippen LogP contribution in [0.15, 0.2) is 23.2 Å². The summed E-state index contributed by atoms with van der Waals surface area (Å²) in [4.78, 5) is 4.64. The van der Waals surface area contributed by atoms with Crippen molar-refractivity contribution in [1.82, 2.24) is 0 Å². The zero-order valence-electron chi connectivity index (χ0n) is 10.7. The monoisotopic (exact) mass is 281 g/mol. The van der Waals surface area contributed by atoms with Crippen molar-refractivity contribution < 1.29 is 0 Å². The highest BCUT2D eigenvalue weighted by atomic mass is 79.9. The van der Waals surface area contributed by atoms with Crippen LogP contribution < -0.4 is 0 Å². The third kappa shape index (κ3) is 3.18. The fourth-order valence-electron chi connectivity index (χ4n) is 1.79. The van der Waals surface area contributed by atoms with E-state index in [1.54, 1.807) is 0 Å². The van der Waals surface area contributed by atoms with E-state index in [0.29, 0.717) is 11.8 Å². The Balaban J connectivity index is 3.41. The van der Waals surface area contributed by atoms with E-state index in [4.69, 9.17) is 0 Å². The topological polar surface area (TPSA) is 12.4 Å². The third-order valence-corrected chi connectivity index (χ3v) is 2.79. The summed E-state index contributed by atoms with van der Waals surface area (Å²) in [6.07, 6.45) is 0. The highest BCUT2D eigenvalue weighted by Crippen LogP contribution is 2.35. The second-order valence-electron chi connectivity index (χ2n) is 4.70. The maximum atomic E-state index is 4.64. The minimum Gasteiger partial charge on any atom is -0.246 e. The number of hydrogen-bond acceptors (Lipinski definition) is 1. The van der Waals surface area contributed by atoms with Crippen LogP contribution in [0.25, 0.3) is 0 Å². The summed E-state index contributed by atoms with van der Waals surface area (Å²) in [5.74, 6) is 1.01. The molecule has 0 atom stereocenters. The molecule has 0 aliphatic heterocycles. The minimum atomic E-state index is 0.504. The van der Waals surface area contributed by atoms with Crippen molar-refractivity contribution in [1.29, 1.82) is 0 Å². The summed E-state index contributed by atoms with van der Waals surface area (Å²) in [5.41, 5.74) is 3.79. The molecule has 0 aliphatic carbocycles. The lowest BCUT2D eigenvalue weighted by Gasteiger charge is -2.16. The third-order valence-electron chi connectivity index (χ3n) is 2.61. The number of nitrogens with zero attached hydrogens (tertiary/aromatic N) is 1. The first-order valence-corrected chi connectivity index (χ1v) is 6.56. The number of rotatable bonds is 3. The molecule has 0 saturated heterocycles. The Bertz CT molecular complexity index is 361. The van der Waals surface area contributed by atoms with Crippen molar-refractivity contribution in [2.75, 3.05) is 0 Å². The van der Waals surface area contributed by atoms with Gasteiger partial charge in [0.25, 0.3) is 0 Å². The van der Waals surface area contributed by atoms with Gasteiger partial charge >= 0.3 is 0 Å². The standard InChI is InChI=1S/C14H20BrN/c1-9(2)12-7-6-8-13(10(3)4)14(12)16-11(5)15/h6-10H,1-5H3. The molecule has 0 amide bonds. The molecule has 0 heterocycles. The fraction of sp³-hybridized carbons (Fsp3) is 0.500. The largest absolute Gasteiger partial charge is 0.246 e. The fourth-order valence-corrected chi connectivity index (χ4v) is 1.97. The Labute approximate surface area is 107 Å². The van der Waals surface area contributed by atoms with Crippen molar-refractivity contribution in [3.8, 4) is 0 Å². The molecule has 1 nitrogen and oxygen atoms in total. The number of hydrogen-bond donors (Lipinski definition) is 0. The van der Waals surface area contributed by atoms with E-state index in [1.165, 1.54) is 11.1 Å². The van der Waals surface area contributed by atoms with Crippen LogP contribution in [0.1, 0.15) is 57.6 Å². The molecule has 88 valence electrons. The van der Waals surface area contributed by atoms with Gasteiger partial charge in [0.2, 0.25) is 0 Å². The summed E-state index contributed by atoms with van der Waals surface area (Å²) in [5, 5.41) is 0. The van der Waals surface area contributed by atoms with Gasteiger partial charge < -0.3 is 0 Å². The summed E-state index contributed by atoms with van der Waals surface area (Å²) in [6, 6.07) is 6.48. The second kappa shape index (κ2) is 5.62. The van der Waals surface area contributed by atoms with E-state index in [2.05, 4.69) is 66.8 Å². The zero-order chi connectivity index (χ0) is 12.3. The molecule has 0 spiro atoms. The molecule has 0 aromatic heterocycles. The van der Waals surface area contributed by atoms with E-state index >= 15 is 0 Å². The van der Waals surface area contributed by atoms with Crippen molar-refractivity contribution >= 4 is 26.2 Å². The highest BCUT2D eigenvalue weighted by molar-refractivity contribution is 9.18. The number of para-hydroxylation sites is 1. The van der Waals surface area contributed by atoms with Gasteiger partial charge in [-0.05, 0) is 45.8 Å². The number of aliphatic imine (C=N–C) groups is 1. The molecule has 2 heteroatoms. The zero-order valence-corrected chi connectivity index (χ0v) is 12.3. The van der Waals surface area contributed by atoms with Crippen molar-refractivity contribution in [2.24, 2.45) is 4.99 Å². The van der Waals surface area contributed by atoms with Crippen LogP contribution in [0.5, 0.6) is 0 Å². The van der Waals surface area contributed by atoms with Gasteiger partial charge in [-0.25, -0.2) is 4.99 Å². The normalized spacial score (nSPS) is 12.6. The van der Waals surface area contributed by atoms with Gasteiger partial charge in [0.05, 0.1) is 10.3 Å². The van der Waals surface area contributed by atoms with E-state index in [-0.39, 0.29) is 0 Å². The molecule has 0 unspecified atom stereocenters. The van der Waals surface area contributed by atoms with Gasteiger partial charge in [0, 0.05) is 0 Å². The van der Waals surface area contributed by atoms with E-state index in [0.717, 1.165) is 10.3 Å². The molecule has 16 heavy (non-hydrogen) atoms. The minimum absolute atomic E-state index is 0.504. The van der Waals surface area contributed by atoms with Crippen molar-refractivity contribution in [3.63, 3.8) is 0 Å². The Hall–Kier alpha value is -0.630. The molecule has 0 N–H and O–H groups in total. The molecular formula is C14H20BrN. The highest BCUT2D eigenvalue weighted by Gasteiger charge is 2.12. The van der Waals surface area contributed by atoms with Gasteiger partial charge in [0.15, 0.2) is 0 Å². The van der Waals surface area contributed by atoms with Crippen LogP contribution in [0.2, 0.25) is 0 Å². The van der Waals surface area contributed by atoms with Crippen LogP contribution in [-0.4, -0.2) is 4.62 Å². The molecule has 0 saturated carbocycles. The lowest BCUT2D eigenvalue weighted by molar-refractivity contribution is 0.835. The summed E-state index contributed by atoms with van der Waals surface area (Å²) in [7, 11) is 0. The predicted octanol–water partition coefficient (Wildman–Crippen LogP) is 5.38. The van der Waals surface area contributed by atoms with Crippen LogP contribution >= 0.6 is 15.9 Å². The first-order chi connectivity index (χ1) is 7.43. The molecule has 0 aliphatic rings. The Morgan fingerprint density at radius 2 is 1.50 bits per heavy atom. The number of benzene rings is 1. The Morgan fingerprint density at radius 1 is 1.06 bits per heavy atom. The van der Waals surface area contributed by atoms with Crippen LogP contribution in [-0.2, 0) is 0 Å². The van der Waals surface area contributed by atoms with Gasteiger partial charge in [-0.1, -0.05) is 45.9 Å². The van der Waals surface area contributed by atoms with Crippen LogP contribution in [0.3, 0.4) is 0 Å². The molecular weight excluding hydrogens is 262 g/mol. The summed E-state index contributed by atoms with van der Waals surface area (Å²) < 4.78 is 0.933. The first-order valence-electron chi connectivity index (χ1n) is 5.77. The van der Waals surface area contributed by atoms with E-state index in [9.17, 15) is 0 Å². The van der Waals surface area contributed by atoms with E-state index in [1.807, 2.05) is 6.92 Å². The molecule has 0 bridgehead atoms. The Morgan fingerprint density at radius 3 is 1.81 bits per heavy atom. The maximum absolute atomic E-state index is 4.64. The summed E-state index contributed by atoms with van der Waals surface area (Å²) in [6.45, 7) is 10.8. The molecule has 1 aromatic rings.